The zero-order chi connectivity index (χ0) is 12.2. The maximum Gasteiger partial charge on any atom is -0.0951 e. The Hall–Kier alpha value is -0.754. The Morgan fingerprint density at radius 1 is 1.13 bits per heavy atom. The minimum atomic E-state index is -0.861. The van der Waals surface area contributed by atoms with Crippen molar-refractivity contribution in [2.24, 2.45) is 0 Å². The standard InChI is InChI=1S/C5H5.C4H11Si.2CO.Fe/c1-2-4-5-3-1;1-5(2,3)4;2*1-2;/h1-5H;1H2,2-4H3;;;/q2*-1;;;. The normalized spacial score (nSPS) is 8.27. The van der Waals surface area contributed by atoms with E-state index in [1.54, 1.807) is 0 Å². The molecule has 0 atom stereocenters. The Kier molecular flexibility index (Phi) is 12.6. The van der Waals surface area contributed by atoms with Gasteiger partial charge in [0.25, 0.3) is 0 Å². The molecule has 0 spiro atoms. The number of carbonyl (C=O) groups excluding carboxylic acids is 2. The van der Waals surface area contributed by atoms with Crippen molar-refractivity contribution < 1.29 is 23.7 Å². The predicted molar refractivity (Wildman–Crippen MR) is 62.1 cm³/mol. The fraction of sp³-hybridized carbons (Fsp3) is 0.273. The van der Waals surface area contributed by atoms with Crippen LogP contribution in [0.15, 0.2) is 30.3 Å². The molecule has 0 saturated heterocycles. The van der Waals surface area contributed by atoms with Crippen molar-refractivity contribution in [1.29, 1.82) is 0 Å². The van der Waals surface area contributed by atoms with Gasteiger partial charge in [0, 0.05) is 0 Å². The first kappa shape index (κ1) is 16.7. The first-order valence-corrected chi connectivity index (χ1v) is 9.09. The third-order valence-electron chi connectivity index (χ3n) is 0.628. The Bertz CT molecular complexity index is 287. The van der Waals surface area contributed by atoms with Crippen LogP contribution >= 0.6 is 0 Å². The fourth-order valence-corrected chi connectivity index (χ4v) is 0.381. The van der Waals surface area contributed by atoms with Crippen LogP contribution in [0.1, 0.15) is 0 Å². The molecule has 0 heterocycles. The molecule has 0 fully saturated rings. The van der Waals surface area contributed by atoms with Crippen LogP contribution in [0.2, 0.25) is 19.6 Å². The first-order chi connectivity index (χ1) is 6.91. The minimum Gasteiger partial charge on any atom is -0.342 e. The fourth-order valence-electron chi connectivity index (χ4n) is 0.335. The molecular formula is C11H16FeO2Si-2. The van der Waals surface area contributed by atoms with Crippen molar-refractivity contribution in [2.75, 3.05) is 0 Å². The Morgan fingerprint density at radius 2 is 1.47 bits per heavy atom. The Balaban J connectivity index is 0. The van der Waals surface area contributed by atoms with Crippen molar-refractivity contribution in [3.8, 4) is 0 Å². The zero-order valence-corrected chi connectivity index (χ0v) is 11.4. The van der Waals surface area contributed by atoms with Crippen molar-refractivity contribution in [2.45, 2.75) is 19.6 Å². The minimum absolute atomic E-state index is 0.222. The average Bonchev–Trinajstić information content (AvgIpc) is 2.58. The molecule has 0 N–H and O–H groups in total. The van der Waals surface area contributed by atoms with Gasteiger partial charge in [0.2, 0.25) is 0 Å². The third-order valence-corrected chi connectivity index (χ3v) is 0.853. The molecule has 0 aliphatic carbocycles. The van der Waals surface area contributed by atoms with E-state index in [9.17, 15) is 0 Å². The van der Waals surface area contributed by atoms with E-state index >= 15 is 0 Å². The van der Waals surface area contributed by atoms with Gasteiger partial charge in [0.15, 0.2) is 0 Å². The summed E-state index contributed by atoms with van der Waals surface area (Å²) in [4.78, 5) is 20.7. The van der Waals surface area contributed by atoms with Crippen LogP contribution in [0.4, 0.5) is 0 Å². The van der Waals surface area contributed by atoms with Crippen molar-refractivity contribution in [1.82, 2.24) is 0 Å². The molecule has 4 heteroatoms. The van der Waals surface area contributed by atoms with Crippen LogP contribution in [-0.2, 0) is 23.7 Å². The molecule has 0 unspecified atom stereocenters. The van der Waals surface area contributed by atoms with Crippen LogP contribution in [0.3, 0.4) is 0 Å². The molecule has 86 valence electrons. The summed E-state index contributed by atoms with van der Waals surface area (Å²) < 4.78 is 0. The summed E-state index contributed by atoms with van der Waals surface area (Å²) >= 11 is -0.222. The summed E-state index contributed by atoms with van der Waals surface area (Å²) in [5.41, 5.74) is 0. The first-order valence-electron chi connectivity index (χ1n) is 4.28. The SMILES string of the molecule is O=[C]=[Fe]=[C]=O.[CH2-][Si](C)(C)C.c1cc[cH-]c1. The van der Waals surface area contributed by atoms with E-state index in [-0.39, 0.29) is 14.1 Å². The van der Waals surface area contributed by atoms with Gasteiger partial charge in [0.05, 0.1) is 0 Å². The second kappa shape index (κ2) is 11.3. The van der Waals surface area contributed by atoms with E-state index in [2.05, 4.69) is 26.2 Å². The summed E-state index contributed by atoms with van der Waals surface area (Å²) in [5.74, 6) is 0. The smallest absolute Gasteiger partial charge is 0.0951 e. The van der Waals surface area contributed by atoms with Gasteiger partial charge in [-0.25, -0.2) is 12.1 Å². The van der Waals surface area contributed by atoms with Crippen molar-refractivity contribution >= 4 is 17.6 Å². The van der Waals surface area contributed by atoms with Crippen LogP contribution in [0.5, 0.6) is 0 Å². The molecule has 0 saturated carbocycles. The number of hydrogen-bond acceptors (Lipinski definition) is 2. The quantitative estimate of drug-likeness (QED) is 0.532. The van der Waals surface area contributed by atoms with E-state index in [1.165, 1.54) is 9.57 Å². The summed E-state index contributed by atoms with van der Waals surface area (Å²) in [5, 5.41) is 0. The van der Waals surface area contributed by atoms with Gasteiger partial charge in [0.1, 0.15) is 0 Å². The van der Waals surface area contributed by atoms with Crippen LogP contribution < -0.4 is 0 Å². The molecule has 15 heavy (non-hydrogen) atoms. The van der Waals surface area contributed by atoms with E-state index in [0.29, 0.717) is 0 Å². The van der Waals surface area contributed by atoms with Crippen LogP contribution in [-0.4, -0.2) is 17.6 Å². The van der Waals surface area contributed by atoms with Crippen molar-refractivity contribution in [3.05, 3.63) is 36.9 Å². The number of hydrogen-bond donors (Lipinski definition) is 0. The second-order valence-corrected chi connectivity index (χ2v) is 9.60. The molecule has 2 nitrogen and oxygen atoms in total. The maximum atomic E-state index is 9.02. The third kappa shape index (κ3) is 42.9. The molecule has 0 aromatic heterocycles. The van der Waals surface area contributed by atoms with E-state index in [0.717, 1.165) is 0 Å². The largest absolute Gasteiger partial charge is 0.342 e. The van der Waals surface area contributed by atoms with E-state index in [4.69, 9.17) is 9.59 Å². The molecule has 0 aliphatic heterocycles. The summed E-state index contributed by atoms with van der Waals surface area (Å²) in [6, 6.07) is 10.0. The number of rotatable bonds is 0. The van der Waals surface area contributed by atoms with Gasteiger partial charge in [-0.05, 0) is 0 Å². The summed E-state index contributed by atoms with van der Waals surface area (Å²) in [6.07, 6.45) is 0. The zero-order valence-electron chi connectivity index (χ0n) is 9.26. The molecular weight excluding hydrogens is 248 g/mol. The molecule has 0 radical (unpaired) electrons. The van der Waals surface area contributed by atoms with Gasteiger partial charge in [-0.15, -0.1) is 8.07 Å². The maximum absolute atomic E-state index is 9.02. The van der Waals surface area contributed by atoms with Crippen LogP contribution in [0, 0.1) is 6.55 Å². The summed E-state index contributed by atoms with van der Waals surface area (Å²) in [6.45, 7) is 10.6. The molecule has 1 aromatic carbocycles. The monoisotopic (exact) mass is 264 g/mol. The van der Waals surface area contributed by atoms with Gasteiger partial charge in [-0.1, -0.05) is 19.6 Å². The predicted octanol–water partition coefficient (Wildman–Crippen LogP) is 2.31. The molecule has 1 aromatic rings. The average molecular weight is 264 g/mol. The topological polar surface area (TPSA) is 34.1 Å². The van der Waals surface area contributed by atoms with Gasteiger partial charge >= 0.3 is 33.2 Å². The molecule has 0 bridgehead atoms. The molecule has 0 amide bonds. The van der Waals surface area contributed by atoms with E-state index < -0.39 is 8.07 Å². The van der Waals surface area contributed by atoms with Gasteiger partial charge < -0.3 is 6.55 Å². The molecule has 1 rings (SSSR count). The van der Waals surface area contributed by atoms with Crippen LogP contribution in [0.25, 0.3) is 0 Å². The molecule has 0 aliphatic rings. The second-order valence-electron chi connectivity index (χ2n) is 3.76. The van der Waals surface area contributed by atoms with E-state index in [1.807, 2.05) is 30.3 Å². The van der Waals surface area contributed by atoms with Crippen molar-refractivity contribution in [3.63, 3.8) is 0 Å². The van der Waals surface area contributed by atoms with Gasteiger partial charge in [-0.2, -0.15) is 18.2 Å². The Morgan fingerprint density at radius 3 is 1.53 bits per heavy atom. The van der Waals surface area contributed by atoms with Gasteiger partial charge in [-0.3, -0.25) is 0 Å². The Labute approximate surface area is 97.9 Å². The summed E-state index contributed by atoms with van der Waals surface area (Å²) in [7, 11) is -0.861.